The molecule has 44 heavy (non-hydrogen) atoms. The number of rotatable bonds is 6. The third kappa shape index (κ3) is 5.81. The number of methoxy groups -OCH3 is 1. The number of nitrogens with zero attached hydrogens (tertiary/aromatic N) is 5. The molecule has 0 saturated carbocycles. The first kappa shape index (κ1) is 29.5. The number of carbonyl (C=O) groups excluding carboxylic acids is 3. The van der Waals surface area contributed by atoms with Crippen LogP contribution in [0.3, 0.4) is 0 Å². The zero-order valence-corrected chi connectivity index (χ0v) is 25.9. The summed E-state index contributed by atoms with van der Waals surface area (Å²) >= 11 is 1.56. The second kappa shape index (κ2) is 12.6. The van der Waals surface area contributed by atoms with Crippen molar-refractivity contribution in [2.75, 3.05) is 50.5 Å². The van der Waals surface area contributed by atoms with Gasteiger partial charge in [-0.2, -0.15) is 5.10 Å². The SMILES string of the molecule is COc1ccc(-n2nc(-c3ccccc3)c3c2N(CC(=O)N2CCN(C(C)=O)CC2)C(=O)CSC3c2cccc(C)c2)cc1. The van der Waals surface area contributed by atoms with Crippen LogP contribution in [0.1, 0.15) is 28.9 Å². The Morgan fingerprint density at radius 1 is 0.932 bits per heavy atom. The lowest BCUT2D eigenvalue weighted by atomic mass is 9.98. The van der Waals surface area contributed by atoms with Gasteiger partial charge in [0.15, 0.2) is 0 Å². The third-order valence-electron chi connectivity index (χ3n) is 8.17. The van der Waals surface area contributed by atoms with Gasteiger partial charge in [-0.3, -0.25) is 19.3 Å². The number of hydrogen-bond acceptors (Lipinski definition) is 6. The van der Waals surface area contributed by atoms with E-state index in [9.17, 15) is 14.4 Å². The van der Waals surface area contributed by atoms with E-state index in [4.69, 9.17) is 9.84 Å². The molecule has 0 bridgehead atoms. The average molecular weight is 610 g/mol. The van der Waals surface area contributed by atoms with Crippen molar-refractivity contribution < 1.29 is 19.1 Å². The standard InChI is InChI=1S/C34H35N5O4S/c1-23-8-7-11-26(20-23)33-31-32(25-9-5-4-6-10-25)35-39(27-12-14-28(43-3)15-13-27)34(31)38(30(42)22-44-33)21-29(41)37-18-16-36(17-19-37)24(2)40/h4-15,20,33H,16-19,21-22H2,1-3H3. The zero-order valence-electron chi connectivity index (χ0n) is 25.1. The Bertz CT molecular complexity index is 1680. The van der Waals surface area contributed by atoms with Gasteiger partial charge in [0, 0.05) is 44.2 Å². The number of hydrogen-bond donors (Lipinski definition) is 0. The molecule has 3 heterocycles. The van der Waals surface area contributed by atoms with Crippen molar-refractivity contribution >= 4 is 35.3 Å². The predicted octanol–water partition coefficient (Wildman–Crippen LogP) is 4.72. The average Bonchev–Trinajstić information content (AvgIpc) is 3.37. The van der Waals surface area contributed by atoms with Crippen LogP contribution >= 0.6 is 11.8 Å². The van der Waals surface area contributed by atoms with Crippen molar-refractivity contribution in [3.05, 3.63) is 95.6 Å². The van der Waals surface area contributed by atoms with Gasteiger partial charge in [-0.25, -0.2) is 4.68 Å². The summed E-state index contributed by atoms with van der Waals surface area (Å²) < 4.78 is 7.20. The lowest BCUT2D eigenvalue weighted by molar-refractivity contribution is -0.137. The number of piperazine rings is 1. The number of amides is 3. The number of thioether (sulfide) groups is 1. The van der Waals surface area contributed by atoms with Crippen LogP contribution in [-0.2, 0) is 14.4 Å². The fourth-order valence-corrected chi connectivity index (χ4v) is 7.02. The van der Waals surface area contributed by atoms with Crippen molar-refractivity contribution in [1.29, 1.82) is 0 Å². The van der Waals surface area contributed by atoms with E-state index in [1.54, 1.807) is 45.2 Å². The van der Waals surface area contributed by atoms with Crippen LogP contribution in [0.4, 0.5) is 5.82 Å². The molecule has 6 rings (SSSR count). The molecule has 1 atom stereocenters. The second-order valence-corrected chi connectivity index (χ2v) is 12.1. The van der Waals surface area contributed by atoms with Crippen molar-refractivity contribution in [2.45, 2.75) is 19.1 Å². The quantitative estimate of drug-likeness (QED) is 0.315. The number of benzene rings is 3. The van der Waals surface area contributed by atoms with E-state index in [2.05, 4.69) is 25.1 Å². The van der Waals surface area contributed by atoms with E-state index >= 15 is 0 Å². The molecule has 1 unspecified atom stereocenters. The first-order valence-electron chi connectivity index (χ1n) is 14.7. The molecule has 0 N–H and O–H groups in total. The van der Waals surface area contributed by atoms with Crippen LogP contribution < -0.4 is 9.64 Å². The van der Waals surface area contributed by atoms with Gasteiger partial charge >= 0.3 is 0 Å². The number of fused-ring (bicyclic) bond motifs is 1. The van der Waals surface area contributed by atoms with E-state index < -0.39 is 0 Å². The molecule has 1 saturated heterocycles. The second-order valence-electron chi connectivity index (χ2n) is 11.0. The van der Waals surface area contributed by atoms with E-state index in [0.29, 0.717) is 37.7 Å². The normalized spacial score (nSPS) is 16.8. The molecule has 0 spiro atoms. The van der Waals surface area contributed by atoms with Crippen LogP contribution in [0.25, 0.3) is 16.9 Å². The lowest BCUT2D eigenvalue weighted by Crippen LogP contribution is -2.53. The smallest absolute Gasteiger partial charge is 0.242 e. The molecule has 1 aromatic heterocycles. The van der Waals surface area contributed by atoms with Crippen LogP contribution in [0.15, 0.2) is 78.9 Å². The highest BCUT2D eigenvalue weighted by molar-refractivity contribution is 8.00. The van der Waals surface area contributed by atoms with Gasteiger partial charge in [0.1, 0.15) is 18.1 Å². The minimum atomic E-state index is -0.199. The highest BCUT2D eigenvalue weighted by Crippen LogP contribution is 2.48. The highest BCUT2D eigenvalue weighted by Gasteiger charge is 2.38. The maximum Gasteiger partial charge on any atom is 0.242 e. The maximum atomic E-state index is 14.0. The van der Waals surface area contributed by atoms with Gasteiger partial charge in [0.25, 0.3) is 0 Å². The summed E-state index contributed by atoms with van der Waals surface area (Å²) in [7, 11) is 1.62. The molecule has 2 aliphatic rings. The summed E-state index contributed by atoms with van der Waals surface area (Å²) in [5.41, 5.74) is 5.53. The molecule has 3 aromatic carbocycles. The van der Waals surface area contributed by atoms with E-state index in [0.717, 1.165) is 33.6 Å². The number of aryl methyl sites for hydroxylation is 1. The molecule has 9 nitrogen and oxygen atoms in total. The van der Waals surface area contributed by atoms with Gasteiger partial charge in [-0.1, -0.05) is 60.2 Å². The summed E-state index contributed by atoms with van der Waals surface area (Å²) in [5, 5.41) is 4.96. The molecule has 226 valence electrons. The molecule has 0 aliphatic carbocycles. The van der Waals surface area contributed by atoms with Gasteiger partial charge < -0.3 is 14.5 Å². The number of anilines is 1. The summed E-state index contributed by atoms with van der Waals surface area (Å²) in [6.45, 7) is 5.31. The summed E-state index contributed by atoms with van der Waals surface area (Å²) in [5.74, 6) is 1.19. The van der Waals surface area contributed by atoms with Crippen LogP contribution in [0, 0.1) is 6.92 Å². The van der Waals surface area contributed by atoms with Crippen LogP contribution in [0.2, 0.25) is 0 Å². The summed E-state index contributed by atoms with van der Waals surface area (Å²) in [6.07, 6.45) is 0. The fourth-order valence-electron chi connectivity index (χ4n) is 5.83. The Morgan fingerprint density at radius 2 is 1.64 bits per heavy atom. The number of aromatic nitrogens is 2. The molecule has 4 aromatic rings. The Hall–Kier alpha value is -4.57. The molecule has 10 heteroatoms. The molecule has 3 amide bonds. The number of carbonyl (C=O) groups is 3. The van der Waals surface area contributed by atoms with Crippen molar-refractivity contribution in [3.8, 4) is 22.7 Å². The minimum absolute atomic E-state index is 0.000451. The Labute approximate surface area is 261 Å². The van der Waals surface area contributed by atoms with Gasteiger partial charge in [-0.15, -0.1) is 11.8 Å². The maximum absolute atomic E-state index is 14.0. The predicted molar refractivity (Wildman–Crippen MR) is 172 cm³/mol. The lowest BCUT2D eigenvalue weighted by Gasteiger charge is -2.35. The fraction of sp³-hybridized carbons (Fsp3) is 0.294. The monoisotopic (exact) mass is 609 g/mol. The van der Waals surface area contributed by atoms with Crippen molar-refractivity contribution in [3.63, 3.8) is 0 Å². The molecule has 0 radical (unpaired) electrons. The van der Waals surface area contributed by atoms with Gasteiger partial charge in [0.05, 0.1) is 29.5 Å². The Kier molecular flexibility index (Phi) is 8.43. The Morgan fingerprint density at radius 3 is 2.30 bits per heavy atom. The molecular weight excluding hydrogens is 574 g/mol. The summed E-state index contributed by atoms with van der Waals surface area (Å²) in [6, 6.07) is 25.9. The molecule has 2 aliphatic heterocycles. The van der Waals surface area contributed by atoms with Gasteiger partial charge in [-0.05, 0) is 36.8 Å². The van der Waals surface area contributed by atoms with Gasteiger partial charge in [0.2, 0.25) is 17.7 Å². The largest absolute Gasteiger partial charge is 0.497 e. The Balaban J connectivity index is 1.51. The van der Waals surface area contributed by atoms with Crippen molar-refractivity contribution in [2.24, 2.45) is 0 Å². The van der Waals surface area contributed by atoms with Crippen molar-refractivity contribution in [1.82, 2.24) is 19.6 Å². The number of ether oxygens (including phenoxy) is 1. The van der Waals surface area contributed by atoms with Crippen LogP contribution in [0.5, 0.6) is 5.75 Å². The third-order valence-corrected chi connectivity index (χ3v) is 9.42. The first-order chi connectivity index (χ1) is 21.3. The van der Waals surface area contributed by atoms with Crippen LogP contribution in [-0.4, -0.2) is 82.9 Å². The first-order valence-corrected chi connectivity index (χ1v) is 15.7. The van der Waals surface area contributed by atoms with E-state index in [1.165, 1.54) is 0 Å². The van der Waals surface area contributed by atoms with E-state index in [1.807, 2.05) is 60.7 Å². The minimum Gasteiger partial charge on any atom is -0.497 e. The summed E-state index contributed by atoms with van der Waals surface area (Å²) in [4.78, 5) is 44.8. The topological polar surface area (TPSA) is 88.0 Å². The highest BCUT2D eigenvalue weighted by atomic mass is 32.2. The van der Waals surface area contributed by atoms with E-state index in [-0.39, 0.29) is 35.3 Å². The molecular formula is C34H35N5O4S. The zero-order chi connectivity index (χ0) is 30.8. The molecule has 1 fully saturated rings.